The molecule has 0 aliphatic rings. The molecule has 0 aliphatic heterocycles. The Labute approximate surface area is 163 Å². The van der Waals surface area contributed by atoms with E-state index in [0.717, 1.165) is 22.3 Å². The highest BCUT2D eigenvalue weighted by Gasteiger charge is 2.19. The van der Waals surface area contributed by atoms with Gasteiger partial charge >= 0.3 is 0 Å². The number of aromatic nitrogens is 5. The van der Waals surface area contributed by atoms with Gasteiger partial charge < -0.3 is 10.7 Å². The monoisotopic (exact) mass is 395 g/mol. The molecule has 0 spiro atoms. The van der Waals surface area contributed by atoms with Gasteiger partial charge in [-0.3, -0.25) is 19.6 Å². The van der Waals surface area contributed by atoms with Gasteiger partial charge in [0, 0.05) is 29.9 Å². The summed E-state index contributed by atoms with van der Waals surface area (Å²) < 4.78 is 1.66. The van der Waals surface area contributed by atoms with E-state index >= 15 is 0 Å². The molecule has 9 nitrogen and oxygen atoms in total. The second-order valence-electron chi connectivity index (χ2n) is 6.38. The molecule has 142 valence electrons. The molecule has 0 saturated heterocycles. The summed E-state index contributed by atoms with van der Waals surface area (Å²) in [6.07, 6.45) is 1.65. The lowest BCUT2D eigenvalue weighted by atomic mass is 10.1. The Kier molecular flexibility index (Phi) is 4.19. The van der Waals surface area contributed by atoms with Crippen LogP contribution < -0.4 is 11.1 Å². The highest BCUT2D eigenvalue weighted by atomic mass is 32.1. The highest BCUT2D eigenvalue weighted by molar-refractivity contribution is 7.14. The topological polar surface area (TPSA) is 132 Å². The number of aryl methyl sites for hydroxylation is 3. The first-order chi connectivity index (χ1) is 13.3. The second kappa shape index (κ2) is 6.57. The van der Waals surface area contributed by atoms with E-state index in [0.29, 0.717) is 27.7 Å². The fourth-order valence-corrected chi connectivity index (χ4v) is 3.78. The standard InChI is InChI=1S/C18H17N7O2S/c1-8-4-11(14-9(2)24-25(3)16(14)21-8)17(27)23-18-22-13(7-28-18)10-5-12(15(19)26)20-6-10/h4-7,20H,1-3H3,(H2,19,26)(H,22,23,27). The summed E-state index contributed by atoms with van der Waals surface area (Å²) in [5.74, 6) is -0.821. The Hall–Kier alpha value is -3.53. The van der Waals surface area contributed by atoms with Gasteiger partial charge in [-0.2, -0.15) is 5.10 Å². The fraction of sp³-hybridized carbons (Fsp3) is 0.167. The number of aromatic amines is 1. The number of rotatable bonds is 4. The smallest absolute Gasteiger partial charge is 0.265 e. The van der Waals surface area contributed by atoms with Gasteiger partial charge in [0.2, 0.25) is 0 Å². The largest absolute Gasteiger partial charge is 0.364 e. The summed E-state index contributed by atoms with van der Waals surface area (Å²) in [6.45, 7) is 3.68. The van der Waals surface area contributed by atoms with Crippen LogP contribution in [0.25, 0.3) is 22.3 Å². The van der Waals surface area contributed by atoms with Gasteiger partial charge in [0.15, 0.2) is 10.8 Å². The maximum Gasteiger partial charge on any atom is 0.265 e. The van der Waals surface area contributed by atoms with Gasteiger partial charge in [-0.1, -0.05) is 0 Å². The molecule has 28 heavy (non-hydrogen) atoms. The number of carbonyl (C=O) groups is 2. The lowest BCUT2D eigenvalue weighted by Crippen LogP contribution is -2.13. The van der Waals surface area contributed by atoms with Crippen molar-refractivity contribution >= 4 is 39.3 Å². The number of H-pyrrole nitrogens is 1. The van der Waals surface area contributed by atoms with E-state index in [-0.39, 0.29) is 5.91 Å². The molecular weight excluding hydrogens is 378 g/mol. The predicted octanol–water partition coefficient (Wildman–Crippen LogP) is 2.39. The first-order valence-electron chi connectivity index (χ1n) is 8.40. The third kappa shape index (κ3) is 3.03. The number of pyridine rings is 1. The minimum Gasteiger partial charge on any atom is -0.364 e. The van der Waals surface area contributed by atoms with Crippen LogP contribution in [-0.4, -0.2) is 36.5 Å². The fourth-order valence-electron chi connectivity index (χ4n) is 3.06. The van der Waals surface area contributed by atoms with Crippen LogP contribution in [0.3, 0.4) is 0 Å². The van der Waals surface area contributed by atoms with Crippen molar-refractivity contribution < 1.29 is 9.59 Å². The number of anilines is 1. The molecule has 4 heterocycles. The van der Waals surface area contributed by atoms with Gasteiger partial charge in [-0.25, -0.2) is 9.97 Å². The molecule has 0 saturated carbocycles. The normalized spacial score (nSPS) is 11.1. The van der Waals surface area contributed by atoms with Crippen molar-refractivity contribution in [3.8, 4) is 11.3 Å². The van der Waals surface area contributed by atoms with Crippen LogP contribution in [0.4, 0.5) is 5.13 Å². The molecule has 10 heteroatoms. The minimum atomic E-state index is -0.543. The minimum absolute atomic E-state index is 0.278. The van der Waals surface area contributed by atoms with E-state index in [2.05, 4.69) is 25.4 Å². The maximum atomic E-state index is 12.9. The Balaban J connectivity index is 1.64. The average Bonchev–Trinajstić information content (AvgIpc) is 3.34. The van der Waals surface area contributed by atoms with Gasteiger partial charge in [0.05, 0.1) is 22.3 Å². The Morgan fingerprint density at radius 2 is 2.04 bits per heavy atom. The molecule has 0 aromatic carbocycles. The molecule has 0 radical (unpaired) electrons. The van der Waals surface area contributed by atoms with Gasteiger partial charge in [-0.15, -0.1) is 11.3 Å². The molecule has 4 aromatic heterocycles. The molecule has 4 N–H and O–H groups in total. The zero-order chi connectivity index (χ0) is 20.0. The van der Waals surface area contributed by atoms with Gasteiger partial charge in [0.1, 0.15) is 5.69 Å². The second-order valence-corrected chi connectivity index (χ2v) is 7.24. The van der Waals surface area contributed by atoms with E-state index in [1.807, 2.05) is 13.8 Å². The molecule has 0 fully saturated rings. The number of hydrogen-bond donors (Lipinski definition) is 3. The van der Waals surface area contributed by atoms with Crippen molar-refractivity contribution in [2.45, 2.75) is 13.8 Å². The van der Waals surface area contributed by atoms with Gasteiger partial charge in [-0.05, 0) is 26.0 Å². The first-order valence-corrected chi connectivity index (χ1v) is 9.28. The van der Waals surface area contributed by atoms with Gasteiger partial charge in [0.25, 0.3) is 11.8 Å². The molecular formula is C18H17N7O2S. The van der Waals surface area contributed by atoms with Crippen LogP contribution in [0, 0.1) is 13.8 Å². The van der Waals surface area contributed by atoms with Crippen molar-refractivity contribution in [1.82, 2.24) is 24.7 Å². The molecule has 0 aliphatic carbocycles. The van der Waals surface area contributed by atoms with E-state index in [1.165, 1.54) is 11.3 Å². The summed E-state index contributed by atoms with van der Waals surface area (Å²) in [4.78, 5) is 35.8. The van der Waals surface area contributed by atoms with E-state index in [9.17, 15) is 9.59 Å². The predicted molar refractivity (Wildman–Crippen MR) is 106 cm³/mol. The van der Waals surface area contributed by atoms with Crippen molar-refractivity contribution in [3.05, 3.63) is 46.4 Å². The Morgan fingerprint density at radius 1 is 1.25 bits per heavy atom. The summed E-state index contributed by atoms with van der Waals surface area (Å²) in [7, 11) is 1.80. The number of fused-ring (bicyclic) bond motifs is 1. The Morgan fingerprint density at radius 3 is 2.75 bits per heavy atom. The molecule has 4 rings (SSSR count). The molecule has 0 atom stereocenters. The zero-order valence-corrected chi connectivity index (χ0v) is 16.2. The van der Waals surface area contributed by atoms with E-state index in [4.69, 9.17) is 5.73 Å². The molecule has 2 amide bonds. The van der Waals surface area contributed by atoms with E-state index < -0.39 is 5.91 Å². The number of primary amides is 1. The summed E-state index contributed by atoms with van der Waals surface area (Å²) >= 11 is 1.29. The van der Waals surface area contributed by atoms with Crippen LogP contribution in [-0.2, 0) is 7.05 Å². The summed E-state index contributed by atoms with van der Waals surface area (Å²) in [6, 6.07) is 3.36. The lowest BCUT2D eigenvalue weighted by Gasteiger charge is -2.05. The first kappa shape index (κ1) is 17.9. The van der Waals surface area contributed by atoms with Crippen molar-refractivity contribution in [2.24, 2.45) is 12.8 Å². The molecule has 0 unspecified atom stereocenters. The number of amides is 2. The summed E-state index contributed by atoms with van der Waals surface area (Å²) in [5.41, 5.74) is 9.54. The van der Waals surface area contributed by atoms with Crippen molar-refractivity contribution in [2.75, 3.05) is 5.32 Å². The van der Waals surface area contributed by atoms with Crippen molar-refractivity contribution in [1.29, 1.82) is 0 Å². The quantitative estimate of drug-likeness (QED) is 0.488. The lowest BCUT2D eigenvalue weighted by molar-refractivity contribution is 0.0994. The third-order valence-electron chi connectivity index (χ3n) is 4.31. The number of hydrogen-bond acceptors (Lipinski definition) is 6. The Bertz CT molecular complexity index is 1230. The zero-order valence-electron chi connectivity index (χ0n) is 15.4. The number of nitrogens with zero attached hydrogens (tertiary/aromatic N) is 4. The number of nitrogens with two attached hydrogens (primary N) is 1. The average molecular weight is 395 g/mol. The number of carbonyl (C=O) groups excluding carboxylic acids is 2. The SMILES string of the molecule is Cc1cc(C(=O)Nc2nc(-c3c[nH]c(C(N)=O)c3)cs2)c2c(C)nn(C)c2n1. The van der Waals surface area contributed by atoms with Crippen LogP contribution in [0.2, 0.25) is 0 Å². The van der Waals surface area contributed by atoms with Crippen LogP contribution in [0.15, 0.2) is 23.7 Å². The third-order valence-corrected chi connectivity index (χ3v) is 5.07. The van der Waals surface area contributed by atoms with Crippen LogP contribution in [0.1, 0.15) is 32.2 Å². The molecule has 0 bridgehead atoms. The van der Waals surface area contributed by atoms with Crippen LogP contribution in [0.5, 0.6) is 0 Å². The number of nitrogens with one attached hydrogen (secondary N) is 2. The highest BCUT2D eigenvalue weighted by Crippen LogP contribution is 2.27. The summed E-state index contributed by atoms with van der Waals surface area (Å²) in [5, 5.41) is 10.2. The number of thiazole rings is 1. The maximum absolute atomic E-state index is 12.9. The van der Waals surface area contributed by atoms with E-state index in [1.54, 1.807) is 35.4 Å². The van der Waals surface area contributed by atoms with Crippen LogP contribution >= 0.6 is 11.3 Å². The van der Waals surface area contributed by atoms with Crippen molar-refractivity contribution in [3.63, 3.8) is 0 Å². The molecule has 4 aromatic rings.